The molecule has 1 unspecified atom stereocenters. The number of hydrogen-bond acceptors (Lipinski definition) is 3. The topological polar surface area (TPSA) is 66.5 Å². The fourth-order valence-electron chi connectivity index (χ4n) is 4.71. The first-order chi connectivity index (χ1) is 14.9. The van der Waals surface area contributed by atoms with Crippen molar-refractivity contribution in [2.45, 2.75) is 57.2 Å². The van der Waals surface area contributed by atoms with Crippen molar-refractivity contribution in [1.29, 1.82) is 0 Å². The van der Waals surface area contributed by atoms with Gasteiger partial charge < -0.3 is 5.32 Å². The minimum absolute atomic E-state index is 0.0140. The zero-order chi connectivity index (χ0) is 21.8. The number of sulfonamides is 1. The second kappa shape index (κ2) is 9.53. The van der Waals surface area contributed by atoms with E-state index in [0.717, 1.165) is 24.0 Å². The number of nitrogens with zero attached hydrogens (tertiary/aromatic N) is 1. The van der Waals surface area contributed by atoms with Crippen molar-refractivity contribution in [3.05, 3.63) is 70.8 Å². The van der Waals surface area contributed by atoms with Crippen LogP contribution >= 0.6 is 0 Å². The maximum atomic E-state index is 12.8. The first-order valence-electron chi connectivity index (χ1n) is 11.4. The van der Waals surface area contributed by atoms with Crippen LogP contribution in [0.2, 0.25) is 0 Å². The summed E-state index contributed by atoms with van der Waals surface area (Å²) in [6.45, 7) is 2.84. The van der Waals surface area contributed by atoms with Gasteiger partial charge in [0.25, 0.3) is 0 Å². The average Bonchev–Trinajstić information content (AvgIpc) is 2.79. The van der Waals surface area contributed by atoms with Gasteiger partial charge in [0, 0.05) is 19.0 Å². The van der Waals surface area contributed by atoms with Crippen molar-refractivity contribution in [1.82, 2.24) is 9.62 Å². The van der Waals surface area contributed by atoms with E-state index >= 15 is 0 Å². The Kier molecular flexibility index (Phi) is 6.77. The molecule has 0 spiro atoms. The molecule has 2 aromatic rings. The quantitative estimate of drug-likeness (QED) is 0.739. The number of hydrogen-bond donors (Lipinski definition) is 1. The van der Waals surface area contributed by atoms with Gasteiger partial charge in [-0.05, 0) is 67.7 Å². The molecule has 0 bridgehead atoms. The Morgan fingerprint density at radius 1 is 1.03 bits per heavy atom. The standard InChI is InChI=1S/C25H32N2O3S/c1-19(23-12-11-21-9-5-6-10-24(21)17-23)26-25(28)22-13-15-27(16-14-22)31(29,30)18-20-7-3-2-4-8-20/h2-4,7-8,11-12,17,19,22H,5-6,9-10,13-16,18H2,1H3,(H,26,28). The number of benzene rings is 2. The van der Waals surface area contributed by atoms with Crippen molar-refractivity contribution < 1.29 is 13.2 Å². The summed E-state index contributed by atoms with van der Waals surface area (Å²) in [6, 6.07) is 15.8. The summed E-state index contributed by atoms with van der Waals surface area (Å²) in [4.78, 5) is 12.8. The molecule has 1 aliphatic carbocycles. The van der Waals surface area contributed by atoms with E-state index in [2.05, 4.69) is 23.5 Å². The normalized spacial score (nSPS) is 18.9. The number of amides is 1. The molecule has 2 aliphatic rings. The minimum Gasteiger partial charge on any atom is -0.349 e. The molecule has 2 aromatic carbocycles. The highest BCUT2D eigenvalue weighted by Crippen LogP contribution is 2.26. The fraction of sp³-hybridized carbons (Fsp3) is 0.480. The van der Waals surface area contributed by atoms with Crippen molar-refractivity contribution >= 4 is 15.9 Å². The van der Waals surface area contributed by atoms with Crippen LogP contribution in [0.1, 0.15) is 60.9 Å². The van der Waals surface area contributed by atoms with Gasteiger partial charge in [-0.25, -0.2) is 12.7 Å². The third-order valence-corrected chi connectivity index (χ3v) is 8.49. The van der Waals surface area contributed by atoms with E-state index in [9.17, 15) is 13.2 Å². The van der Waals surface area contributed by atoms with Crippen molar-refractivity contribution in [2.24, 2.45) is 5.92 Å². The molecule has 4 rings (SSSR count). The van der Waals surface area contributed by atoms with E-state index in [1.165, 1.54) is 28.3 Å². The number of rotatable bonds is 6. The number of carbonyl (C=O) groups excluding carboxylic acids is 1. The van der Waals surface area contributed by atoms with Gasteiger partial charge in [-0.1, -0.05) is 48.5 Å². The Morgan fingerprint density at radius 2 is 1.71 bits per heavy atom. The van der Waals surface area contributed by atoms with E-state index in [1.54, 1.807) is 0 Å². The highest BCUT2D eigenvalue weighted by molar-refractivity contribution is 7.88. The van der Waals surface area contributed by atoms with Gasteiger partial charge >= 0.3 is 0 Å². The summed E-state index contributed by atoms with van der Waals surface area (Å²) < 4.78 is 27.0. The molecule has 1 atom stereocenters. The summed E-state index contributed by atoms with van der Waals surface area (Å²) >= 11 is 0. The third-order valence-electron chi connectivity index (χ3n) is 6.64. The summed E-state index contributed by atoms with van der Waals surface area (Å²) in [5.41, 5.74) is 4.80. The lowest BCUT2D eigenvalue weighted by Crippen LogP contribution is -2.43. The second-order valence-corrected chi connectivity index (χ2v) is 10.8. The maximum Gasteiger partial charge on any atom is 0.223 e. The molecule has 0 saturated carbocycles. The largest absolute Gasteiger partial charge is 0.349 e. The van der Waals surface area contributed by atoms with Crippen LogP contribution in [0, 0.1) is 5.92 Å². The van der Waals surface area contributed by atoms with Crippen LogP contribution in [-0.4, -0.2) is 31.7 Å². The predicted octanol–water partition coefficient (Wildman–Crippen LogP) is 3.98. The van der Waals surface area contributed by atoms with Crippen LogP contribution in [0.15, 0.2) is 48.5 Å². The third kappa shape index (κ3) is 5.36. The molecular weight excluding hydrogens is 408 g/mol. The lowest BCUT2D eigenvalue weighted by Gasteiger charge is -2.31. The number of fused-ring (bicyclic) bond motifs is 1. The Morgan fingerprint density at radius 3 is 2.42 bits per heavy atom. The summed E-state index contributed by atoms with van der Waals surface area (Å²) in [7, 11) is -3.36. The summed E-state index contributed by atoms with van der Waals surface area (Å²) in [5.74, 6) is -0.0892. The van der Waals surface area contributed by atoms with E-state index in [1.807, 2.05) is 37.3 Å². The zero-order valence-electron chi connectivity index (χ0n) is 18.2. The molecule has 1 aliphatic heterocycles. The van der Waals surface area contributed by atoms with Crippen LogP contribution < -0.4 is 5.32 Å². The van der Waals surface area contributed by atoms with Crippen molar-refractivity contribution in [2.75, 3.05) is 13.1 Å². The van der Waals surface area contributed by atoms with Gasteiger partial charge in [0.2, 0.25) is 15.9 Å². The Hall–Kier alpha value is -2.18. The van der Waals surface area contributed by atoms with Crippen LogP contribution in [0.5, 0.6) is 0 Å². The number of piperidine rings is 1. The van der Waals surface area contributed by atoms with Gasteiger partial charge in [-0.3, -0.25) is 4.79 Å². The van der Waals surface area contributed by atoms with Crippen molar-refractivity contribution in [3.63, 3.8) is 0 Å². The van der Waals surface area contributed by atoms with Gasteiger partial charge in [0.05, 0.1) is 11.8 Å². The Labute approximate surface area is 185 Å². The molecule has 0 aromatic heterocycles. The SMILES string of the molecule is CC(NC(=O)C1CCN(S(=O)(=O)Cc2ccccc2)CC1)c1ccc2c(c1)CCCC2. The zero-order valence-corrected chi connectivity index (χ0v) is 19.0. The molecule has 1 amide bonds. The van der Waals surface area contributed by atoms with Crippen LogP contribution in [-0.2, 0) is 33.4 Å². The summed E-state index contributed by atoms with van der Waals surface area (Å²) in [6.07, 6.45) is 5.91. The van der Waals surface area contributed by atoms with Crippen LogP contribution in [0.25, 0.3) is 0 Å². The van der Waals surface area contributed by atoms with Gasteiger partial charge in [0.15, 0.2) is 0 Å². The molecule has 6 heteroatoms. The molecule has 166 valence electrons. The molecule has 1 fully saturated rings. The van der Waals surface area contributed by atoms with E-state index in [-0.39, 0.29) is 23.6 Å². The van der Waals surface area contributed by atoms with Crippen molar-refractivity contribution in [3.8, 4) is 0 Å². The van der Waals surface area contributed by atoms with E-state index in [0.29, 0.717) is 25.9 Å². The second-order valence-electron chi connectivity index (χ2n) is 8.88. The molecule has 1 saturated heterocycles. The first-order valence-corrected chi connectivity index (χ1v) is 13.0. The summed E-state index contributed by atoms with van der Waals surface area (Å²) in [5, 5.41) is 3.16. The lowest BCUT2D eigenvalue weighted by atomic mass is 9.89. The highest BCUT2D eigenvalue weighted by Gasteiger charge is 2.31. The molecule has 1 heterocycles. The highest BCUT2D eigenvalue weighted by atomic mass is 32.2. The number of carbonyl (C=O) groups is 1. The monoisotopic (exact) mass is 440 g/mol. The van der Waals surface area contributed by atoms with Gasteiger partial charge in [0.1, 0.15) is 0 Å². The minimum atomic E-state index is -3.36. The fourth-order valence-corrected chi connectivity index (χ4v) is 6.27. The molecule has 1 N–H and O–H groups in total. The lowest BCUT2D eigenvalue weighted by molar-refractivity contribution is -0.126. The van der Waals surface area contributed by atoms with Crippen LogP contribution in [0.4, 0.5) is 0 Å². The first kappa shape index (κ1) is 22.0. The number of nitrogens with one attached hydrogen (secondary N) is 1. The molecule has 31 heavy (non-hydrogen) atoms. The predicted molar refractivity (Wildman–Crippen MR) is 123 cm³/mol. The smallest absolute Gasteiger partial charge is 0.223 e. The molecule has 0 radical (unpaired) electrons. The van der Waals surface area contributed by atoms with Crippen LogP contribution in [0.3, 0.4) is 0 Å². The number of aryl methyl sites for hydroxylation is 2. The Balaban J connectivity index is 1.31. The molecule has 5 nitrogen and oxygen atoms in total. The maximum absolute atomic E-state index is 12.8. The molecular formula is C25H32N2O3S. The van der Waals surface area contributed by atoms with E-state index in [4.69, 9.17) is 0 Å². The Bertz CT molecular complexity index is 1010. The van der Waals surface area contributed by atoms with E-state index < -0.39 is 10.0 Å². The van der Waals surface area contributed by atoms with Gasteiger partial charge in [-0.15, -0.1) is 0 Å². The average molecular weight is 441 g/mol. The van der Waals surface area contributed by atoms with Gasteiger partial charge in [-0.2, -0.15) is 0 Å².